The summed E-state index contributed by atoms with van der Waals surface area (Å²) in [7, 11) is 0. The van der Waals surface area contributed by atoms with E-state index in [1.54, 1.807) is 6.20 Å². The first-order valence-corrected chi connectivity index (χ1v) is 4.45. The number of benzene rings is 1. The minimum Gasteiger partial charge on any atom is -0.431 e. The molecule has 0 aliphatic heterocycles. The Morgan fingerprint density at radius 2 is 2.00 bits per heavy atom. The third-order valence-corrected chi connectivity index (χ3v) is 2.01. The highest BCUT2D eigenvalue weighted by Crippen LogP contribution is 2.22. The summed E-state index contributed by atoms with van der Waals surface area (Å²) in [5, 5.41) is 2.57. The van der Waals surface area contributed by atoms with E-state index in [2.05, 4.69) is 4.98 Å². The maximum Gasteiger partial charge on any atom is 0.278 e. The number of rotatable bonds is 2. The number of para-hydroxylation sites is 1. The van der Waals surface area contributed by atoms with Gasteiger partial charge in [-0.3, -0.25) is 0 Å². The number of nitrogens with zero attached hydrogens (tertiary/aromatic N) is 1. The topological polar surface area (TPSA) is 22.1 Å². The molecule has 0 atom stereocenters. The molecule has 2 aromatic rings. The molecule has 0 amide bonds. The van der Waals surface area contributed by atoms with Crippen LogP contribution in [-0.2, 0) is 0 Å². The maximum absolute atomic E-state index is 5.43. The third kappa shape index (κ3) is 1.62. The van der Waals surface area contributed by atoms with E-state index in [0.717, 1.165) is 5.75 Å². The average molecular weight is 177 g/mol. The van der Waals surface area contributed by atoms with E-state index in [9.17, 15) is 0 Å². The highest BCUT2D eigenvalue weighted by atomic mass is 32.1. The molecule has 0 spiro atoms. The molecule has 0 unspecified atom stereocenters. The van der Waals surface area contributed by atoms with Crippen molar-refractivity contribution >= 4 is 11.3 Å². The molecule has 1 aromatic carbocycles. The van der Waals surface area contributed by atoms with Crippen LogP contribution >= 0.6 is 11.3 Å². The molecular weight excluding hydrogens is 170 g/mol. The summed E-state index contributed by atoms with van der Waals surface area (Å²) < 4.78 is 5.43. The van der Waals surface area contributed by atoms with Crippen molar-refractivity contribution in [3.05, 3.63) is 41.9 Å². The maximum atomic E-state index is 5.43. The zero-order valence-electron chi connectivity index (χ0n) is 6.31. The predicted molar refractivity (Wildman–Crippen MR) is 48.6 cm³/mol. The summed E-state index contributed by atoms with van der Waals surface area (Å²) in [5.41, 5.74) is 0. The van der Waals surface area contributed by atoms with Gasteiger partial charge in [0.15, 0.2) is 0 Å². The molecule has 60 valence electrons. The van der Waals surface area contributed by atoms with Crippen LogP contribution in [-0.4, -0.2) is 4.98 Å². The van der Waals surface area contributed by atoms with Gasteiger partial charge < -0.3 is 4.74 Å². The van der Waals surface area contributed by atoms with Crippen molar-refractivity contribution in [1.29, 1.82) is 0 Å². The molecule has 2 rings (SSSR count). The van der Waals surface area contributed by atoms with Gasteiger partial charge in [0, 0.05) is 11.6 Å². The Hall–Kier alpha value is -1.35. The van der Waals surface area contributed by atoms with E-state index >= 15 is 0 Å². The zero-order chi connectivity index (χ0) is 8.23. The number of ether oxygens (including phenoxy) is 1. The van der Waals surface area contributed by atoms with Gasteiger partial charge in [0.1, 0.15) is 5.75 Å². The van der Waals surface area contributed by atoms with Gasteiger partial charge in [0.05, 0.1) is 0 Å². The lowest BCUT2D eigenvalue weighted by atomic mass is 10.3. The van der Waals surface area contributed by atoms with Crippen molar-refractivity contribution in [1.82, 2.24) is 4.98 Å². The molecule has 0 fully saturated rings. The lowest BCUT2D eigenvalue weighted by molar-refractivity contribution is 0.479. The molecule has 2 nitrogen and oxygen atoms in total. The van der Waals surface area contributed by atoms with Crippen LogP contribution in [0.5, 0.6) is 10.9 Å². The Morgan fingerprint density at radius 3 is 2.67 bits per heavy atom. The van der Waals surface area contributed by atoms with Crippen molar-refractivity contribution in [2.45, 2.75) is 0 Å². The number of aromatic nitrogens is 1. The van der Waals surface area contributed by atoms with E-state index in [1.165, 1.54) is 11.3 Å². The van der Waals surface area contributed by atoms with Gasteiger partial charge in [-0.2, -0.15) is 0 Å². The molecule has 0 bridgehead atoms. The lowest BCUT2D eigenvalue weighted by Crippen LogP contribution is -1.80. The Kier molecular flexibility index (Phi) is 2.05. The monoisotopic (exact) mass is 177 g/mol. The van der Waals surface area contributed by atoms with Crippen LogP contribution in [0.1, 0.15) is 0 Å². The van der Waals surface area contributed by atoms with E-state index in [0.29, 0.717) is 5.19 Å². The van der Waals surface area contributed by atoms with Gasteiger partial charge in [-0.1, -0.05) is 29.5 Å². The van der Waals surface area contributed by atoms with Crippen molar-refractivity contribution in [3.63, 3.8) is 0 Å². The second kappa shape index (κ2) is 3.36. The molecular formula is C9H7NOS. The molecule has 0 saturated heterocycles. The molecule has 0 radical (unpaired) electrons. The third-order valence-electron chi connectivity index (χ3n) is 1.36. The van der Waals surface area contributed by atoms with Crippen LogP contribution in [0.4, 0.5) is 0 Å². The summed E-state index contributed by atoms with van der Waals surface area (Å²) in [4.78, 5) is 4.01. The normalized spacial score (nSPS) is 9.67. The van der Waals surface area contributed by atoms with Gasteiger partial charge in [0.25, 0.3) is 5.19 Å². The molecule has 3 heteroatoms. The number of hydrogen-bond donors (Lipinski definition) is 0. The second-order valence-electron chi connectivity index (χ2n) is 2.21. The van der Waals surface area contributed by atoms with Crippen LogP contribution in [0.2, 0.25) is 0 Å². The highest BCUT2D eigenvalue weighted by Gasteiger charge is 1.96. The van der Waals surface area contributed by atoms with Gasteiger partial charge in [0.2, 0.25) is 0 Å². The SMILES string of the molecule is c1ccc(Oc2nccs2)cc1. The first-order valence-electron chi connectivity index (χ1n) is 3.57. The summed E-state index contributed by atoms with van der Waals surface area (Å²) in [5.74, 6) is 0.826. The smallest absolute Gasteiger partial charge is 0.278 e. The number of hydrogen-bond acceptors (Lipinski definition) is 3. The van der Waals surface area contributed by atoms with E-state index in [4.69, 9.17) is 4.74 Å². The largest absolute Gasteiger partial charge is 0.431 e. The quantitative estimate of drug-likeness (QED) is 0.703. The molecule has 0 N–H and O–H groups in total. The fourth-order valence-corrected chi connectivity index (χ4v) is 1.35. The van der Waals surface area contributed by atoms with Crippen LogP contribution in [0.15, 0.2) is 41.9 Å². The van der Waals surface area contributed by atoms with E-state index in [1.807, 2.05) is 35.7 Å². The Balaban J connectivity index is 2.15. The lowest BCUT2D eigenvalue weighted by Gasteiger charge is -1.98. The minimum atomic E-state index is 0.682. The minimum absolute atomic E-state index is 0.682. The Bertz CT molecular complexity index is 331. The molecule has 1 aromatic heterocycles. The Morgan fingerprint density at radius 1 is 1.17 bits per heavy atom. The van der Waals surface area contributed by atoms with Crippen LogP contribution in [0.25, 0.3) is 0 Å². The number of thiazole rings is 1. The molecule has 1 heterocycles. The molecule has 0 saturated carbocycles. The zero-order valence-corrected chi connectivity index (χ0v) is 7.12. The summed E-state index contributed by atoms with van der Waals surface area (Å²) in [6, 6.07) is 9.63. The van der Waals surface area contributed by atoms with Gasteiger partial charge in [-0.25, -0.2) is 4.98 Å². The van der Waals surface area contributed by atoms with Crippen LogP contribution in [0, 0.1) is 0 Å². The van der Waals surface area contributed by atoms with Crippen molar-refractivity contribution in [3.8, 4) is 10.9 Å². The first kappa shape index (κ1) is 7.31. The van der Waals surface area contributed by atoms with E-state index in [-0.39, 0.29) is 0 Å². The van der Waals surface area contributed by atoms with Gasteiger partial charge in [-0.05, 0) is 12.1 Å². The van der Waals surface area contributed by atoms with E-state index < -0.39 is 0 Å². The molecule has 0 aliphatic carbocycles. The Labute approximate surface area is 74.5 Å². The summed E-state index contributed by atoms with van der Waals surface area (Å²) in [6.45, 7) is 0. The highest BCUT2D eigenvalue weighted by molar-refractivity contribution is 7.11. The van der Waals surface area contributed by atoms with Gasteiger partial charge >= 0.3 is 0 Å². The van der Waals surface area contributed by atoms with Crippen molar-refractivity contribution in [2.75, 3.05) is 0 Å². The predicted octanol–water partition coefficient (Wildman–Crippen LogP) is 2.94. The fourth-order valence-electron chi connectivity index (χ4n) is 0.850. The van der Waals surface area contributed by atoms with Crippen LogP contribution in [0.3, 0.4) is 0 Å². The van der Waals surface area contributed by atoms with Gasteiger partial charge in [-0.15, -0.1) is 0 Å². The standard InChI is InChI=1S/C9H7NOS/c1-2-4-8(5-3-1)11-9-10-6-7-12-9/h1-7H. The summed E-state index contributed by atoms with van der Waals surface area (Å²) >= 11 is 1.48. The molecule has 12 heavy (non-hydrogen) atoms. The fraction of sp³-hybridized carbons (Fsp3) is 0. The van der Waals surface area contributed by atoms with Crippen LogP contribution < -0.4 is 4.74 Å². The summed E-state index contributed by atoms with van der Waals surface area (Å²) in [6.07, 6.45) is 1.73. The second-order valence-corrected chi connectivity index (χ2v) is 3.07. The van der Waals surface area contributed by atoms with Crippen molar-refractivity contribution in [2.24, 2.45) is 0 Å². The average Bonchev–Trinajstić information content (AvgIpc) is 2.59. The van der Waals surface area contributed by atoms with Crippen molar-refractivity contribution < 1.29 is 4.74 Å². The first-order chi connectivity index (χ1) is 5.95. The molecule has 0 aliphatic rings.